The number of nitrogens with zero attached hydrogens (tertiary/aromatic N) is 1. The number of benzene rings is 1. The molecule has 0 saturated carbocycles. The van der Waals surface area contributed by atoms with Gasteiger partial charge in [0.05, 0.1) is 31.1 Å². The van der Waals surface area contributed by atoms with E-state index in [2.05, 4.69) is 9.71 Å². The normalized spacial score (nSPS) is 11.8. The van der Waals surface area contributed by atoms with Crippen LogP contribution in [0.25, 0.3) is 0 Å². The number of carbonyl (C=O) groups excluding carboxylic acids is 1. The van der Waals surface area contributed by atoms with Crippen LogP contribution in [0.3, 0.4) is 0 Å². The molecule has 0 unspecified atom stereocenters. The number of amides is 1. The van der Waals surface area contributed by atoms with Gasteiger partial charge in [-0.25, -0.2) is 13.4 Å². The van der Waals surface area contributed by atoms with Gasteiger partial charge < -0.3 is 18.9 Å². The maximum Gasteiger partial charge on any atom is 0.417 e. The van der Waals surface area contributed by atoms with Crippen LogP contribution in [0.5, 0.6) is 17.4 Å². The first-order valence-corrected chi connectivity index (χ1v) is 14.7. The van der Waals surface area contributed by atoms with E-state index in [0.29, 0.717) is 62.8 Å². The van der Waals surface area contributed by atoms with Crippen molar-refractivity contribution in [3.63, 3.8) is 0 Å². The molecule has 0 aliphatic rings. The lowest BCUT2D eigenvalue weighted by Gasteiger charge is -2.15. The smallest absolute Gasteiger partial charge is 0.417 e. The van der Waals surface area contributed by atoms with Crippen LogP contribution < -0.4 is 14.2 Å². The molecule has 14 heteroatoms. The first-order chi connectivity index (χ1) is 18.9. The third-order valence-corrected chi connectivity index (χ3v) is 7.06. The fraction of sp³-hybridized carbons (Fsp3) is 0.538. The lowest BCUT2D eigenvalue weighted by Crippen LogP contribution is -2.32. The number of aromatic nitrogens is 1. The number of unbranched alkanes of at least 4 members (excludes halogenated alkanes) is 2. The average molecular weight is 611 g/mol. The van der Waals surface area contributed by atoms with E-state index in [1.165, 1.54) is 6.07 Å². The minimum Gasteiger partial charge on any atom is -0.493 e. The van der Waals surface area contributed by atoms with Gasteiger partial charge in [0.2, 0.25) is 21.8 Å². The highest BCUT2D eigenvalue weighted by Gasteiger charge is 2.32. The van der Waals surface area contributed by atoms with Gasteiger partial charge in [-0.3, -0.25) is 9.52 Å². The highest BCUT2D eigenvalue weighted by atomic mass is 35.5. The Bertz CT molecular complexity index is 1200. The second kappa shape index (κ2) is 16.6. The molecule has 0 atom stereocenters. The molecule has 1 aromatic heterocycles. The monoisotopic (exact) mass is 610 g/mol. The summed E-state index contributed by atoms with van der Waals surface area (Å²) in [5, 5.41) is -0.365. The number of rotatable bonds is 18. The molecule has 1 amide bonds. The Kier molecular flexibility index (Phi) is 13.9. The number of sulfonamides is 1. The number of pyridine rings is 1. The van der Waals surface area contributed by atoms with Gasteiger partial charge in [-0.1, -0.05) is 37.4 Å². The Morgan fingerprint density at radius 3 is 2.52 bits per heavy atom. The zero-order valence-corrected chi connectivity index (χ0v) is 24.0. The van der Waals surface area contributed by atoms with Crippen LogP contribution in [0.1, 0.15) is 50.2 Å². The van der Waals surface area contributed by atoms with Gasteiger partial charge in [0.25, 0.3) is 0 Å². The molecule has 0 saturated heterocycles. The largest absolute Gasteiger partial charge is 0.493 e. The van der Waals surface area contributed by atoms with Gasteiger partial charge in [-0.05, 0) is 30.5 Å². The van der Waals surface area contributed by atoms with Crippen molar-refractivity contribution in [3.05, 3.63) is 46.6 Å². The SMILES string of the molecule is CCCCCS(=O)(=O)NC(=O)CCc1ccc(OCCCOCCOC)cc1Oc1ncc(C(F)(F)F)cc1Cl. The summed E-state index contributed by atoms with van der Waals surface area (Å²) in [4.78, 5) is 16.0. The van der Waals surface area contributed by atoms with Crippen molar-refractivity contribution in [2.24, 2.45) is 0 Å². The summed E-state index contributed by atoms with van der Waals surface area (Å²) in [6.07, 6.45) is -1.56. The maximum absolute atomic E-state index is 13.0. The van der Waals surface area contributed by atoms with Crippen molar-refractivity contribution in [1.82, 2.24) is 9.71 Å². The Labute approximate surface area is 237 Å². The van der Waals surface area contributed by atoms with E-state index < -0.39 is 27.7 Å². The number of halogens is 4. The summed E-state index contributed by atoms with van der Waals surface area (Å²) in [7, 11) is -2.18. The molecule has 0 aliphatic carbocycles. The minimum atomic E-state index is -4.63. The van der Waals surface area contributed by atoms with Crippen molar-refractivity contribution < 1.29 is 45.3 Å². The molecular formula is C26H34ClF3N2O7S. The van der Waals surface area contributed by atoms with Gasteiger partial charge in [-0.15, -0.1) is 0 Å². The van der Waals surface area contributed by atoms with Crippen molar-refractivity contribution in [3.8, 4) is 17.4 Å². The highest BCUT2D eigenvalue weighted by molar-refractivity contribution is 7.90. The number of aryl methyl sites for hydroxylation is 1. The van der Waals surface area contributed by atoms with Crippen LogP contribution in [0.15, 0.2) is 30.5 Å². The molecule has 0 aliphatic heterocycles. The number of ether oxygens (including phenoxy) is 4. The first-order valence-electron chi connectivity index (χ1n) is 12.7. The Balaban J connectivity index is 2.14. The van der Waals surface area contributed by atoms with E-state index >= 15 is 0 Å². The van der Waals surface area contributed by atoms with Crippen LogP contribution in [0.2, 0.25) is 5.02 Å². The molecule has 0 bridgehead atoms. The van der Waals surface area contributed by atoms with Crippen molar-refractivity contribution in [2.45, 2.75) is 51.6 Å². The van der Waals surface area contributed by atoms with Crippen molar-refractivity contribution in [2.75, 3.05) is 39.3 Å². The van der Waals surface area contributed by atoms with E-state index in [0.717, 1.165) is 12.8 Å². The first kappa shape index (κ1) is 33.6. The van der Waals surface area contributed by atoms with Gasteiger partial charge >= 0.3 is 6.18 Å². The van der Waals surface area contributed by atoms with Gasteiger partial charge in [0, 0.05) is 38.8 Å². The molecule has 0 spiro atoms. The summed E-state index contributed by atoms with van der Waals surface area (Å²) in [6.45, 7) is 3.63. The molecule has 1 aromatic carbocycles. The Hall–Kier alpha value is -2.61. The van der Waals surface area contributed by atoms with Crippen molar-refractivity contribution >= 4 is 27.5 Å². The molecule has 9 nitrogen and oxygen atoms in total. The number of hydrogen-bond acceptors (Lipinski definition) is 8. The number of methoxy groups -OCH3 is 1. The Morgan fingerprint density at radius 2 is 1.85 bits per heavy atom. The average Bonchev–Trinajstić information content (AvgIpc) is 2.88. The summed E-state index contributed by atoms with van der Waals surface area (Å²) >= 11 is 6.01. The predicted molar refractivity (Wildman–Crippen MR) is 143 cm³/mol. The number of carbonyl (C=O) groups is 1. The molecule has 2 aromatic rings. The lowest BCUT2D eigenvalue weighted by molar-refractivity contribution is -0.137. The quantitative estimate of drug-likeness (QED) is 0.219. The van der Waals surface area contributed by atoms with Gasteiger partial charge in [0.1, 0.15) is 16.5 Å². The topological polar surface area (TPSA) is 113 Å². The molecular weight excluding hydrogens is 577 g/mol. The van der Waals surface area contributed by atoms with Crippen LogP contribution in [-0.2, 0) is 36.9 Å². The zero-order chi connectivity index (χ0) is 29.6. The third kappa shape index (κ3) is 12.3. The van der Waals surface area contributed by atoms with Crippen LogP contribution in [-0.4, -0.2) is 58.6 Å². The fourth-order valence-corrected chi connectivity index (χ4v) is 4.69. The highest BCUT2D eigenvalue weighted by Crippen LogP contribution is 2.36. The Morgan fingerprint density at radius 1 is 1.07 bits per heavy atom. The summed E-state index contributed by atoms with van der Waals surface area (Å²) in [6, 6.07) is 5.44. The predicted octanol–water partition coefficient (Wildman–Crippen LogP) is 5.55. The van der Waals surface area contributed by atoms with Gasteiger partial charge in [-0.2, -0.15) is 13.2 Å². The van der Waals surface area contributed by atoms with E-state index in [-0.39, 0.29) is 35.2 Å². The zero-order valence-electron chi connectivity index (χ0n) is 22.4. The van der Waals surface area contributed by atoms with E-state index in [1.807, 2.05) is 6.92 Å². The van der Waals surface area contributed by atoms with Crippen LogP contribution in [0, 0.1) is 0 Å². The third-order valence-electron chi connectivity index (χ3n) is 5.42. The molecule has 224 valence electrons. The minimum absolute atomic E-state index is 0.0670. The fourth-order valence-electron chi connectivity index (χ4n) is 3.35. The molecule has 0 fully saturated rings. The summed E-state index contributed by atoms with van der Waals surface area (Å²) in [5.41, 5.74) is -0.571. The number of alkyl halides is 3. The van der Waals surface area contributed by atoms with E-state index in [4.69, 9.17) is 30.5 Å². The van der Waals surface area contributed by atoms with E-state index in [1.54, 1.807) is 19.2 Å². The molecule has 1 heterocycles. The number of nitrogens with one attached hydrogen (secondary N) is 1. The summed E-state index contributed by atoms with van der Waals surface area (Å²) < 4.78 is 87.1. The number of hydrogen-bond donors (Lipinski definition) is 1. The molecule has 0 radical (unpaired) electrons. The van der Waals surface area contributed by atoms with Crippen LogP contribution in [0.4, 0.5) is 13.2 Å². The molecule has 2 rings (SSSR count). The molecule has 40 heavy (non-hydrogen) atoms. The van der Waals surface area contributed by atoms with E-state index in [9.17, 15) is 26.4 Å². The van der Waals surface area contributed by atoms with Crippen molar-refractivity contribution in [1.29, 1.82) is 0 Å². The van der Waals surface area contributed by atoms with Gasteiger partial charge in [0.15, 0.2) is 0 Å². The standard InChI is InChI=1S/C26H34ClF3N2O7S/c1-3-4-5-15-40(34,35)32-24(33)10-8-19-7-9-21(38-12-6-11-37-14-13-36-2)17-23(19)39-25-22(27)16-20(18-31-25)26(28,29)30/h7,9,16-18H,3-6,8,10-15H2,1-2H3,(H,32,33). The lowest BCUT2D eigenvalue weighted by atomic mass is 10.1. The maximum atomic E-state index is 13.0. The van der Waals surface area contributed by atoms with Crippen LogP contribution >= 0.6 is 11.6 Å². The molecule has 1 N–H and O–H groups in total. The second-order valence-electron chi connectivity index (χ2n) is 8.74. The summed E-state index contributed by atoms with van der Waals surface area (Å²) in [5.74, 6) is -0.588. The second-order valence-corrected chi connectivity index (χ2v) is 11.0.